The average molecular weight is 160 g/mol. The SMILES string of the molecule is BNc1noc2c(C)cccc12. The van der Waals surface area contributed by atoms with Crippen molar-refractivity contribution in [2.75, 3.05) is 5.23 Å². The monoisotopic (exact) mass is 160 g/mol. The quantitative estimate of drug-likeness (QED) is 0.634. The summed E-state index contributed by atoms with van der Waals surface area (Å²) in [5.74, 6) is 0.800. The third-order valence-electron chi connectivity index (χ3n) is 1.93. The van der Waals surface area contributed by atoms with E-state index < -0.39 is 0 Å². The van der Waals surface area contributed by atoms with Crippen LogP contribution in [0.1, 0.15) is 5.56 Å². The van der Waals surface area contributed by atoms with Gasteiger partial charge in [0.25, 0.3) is 0 Å². The molecule has 0 unspecified atom stereocenters. The number of nitrogens with zero attached hydrogens (tertiary/aromatic N) is 1. The summed E-state index contributed by atoms with van der Waals surface area (Å²) in [6, 6.07) is 5.99. The van der Waals surface area contributed by atoms with Gasteiger partial charge in [0, 0.05) is 0 Å². The maximum atomic E-state index is 5.16. The summed E-state index contributed by atoms with van der Waals surface area (Å²) in [6.45, 7) is 2.01. The third kappa shape index (κ3) is 0.880. The molecule has 1 aromatic heterocycles. The van der Waals surface area contributed by atoms with Gasteiger partial charge in [-0.2, -0.15) is 0 Å². The predicted molar refractivity (Wildman–Crippen MR) is 50.9 cm³/mol. The van der Waals surface area contributed by atoms with E-state index in [0.29, 0.717) is 0 Å². The maximum Gasteiger partial charge on any atom is 0.216 e. The van der Waals surface area contributed by atoms with Gasteiger partial charge in [0.1, 0.15) is 0 Å². The van der Waals surface area contributed by atoms with Crippen LogP contribution >= 0.6 is 0 Å². The summed E-state index contributed by atoms with van der Waals surface area (Å²) in [7, 11) is 1.83. The number of hydrogen-bond donors (Lipinski definition) is 1. The van der Waals surface area contributed by atoms with Crippen molar-refractivity contribution in [3.8, 4) is 0 Å². The number of anilines is 1. The molecule has 60 valence electrons. The first kappa shape index (κ1) is 7.22. The Morgan fingerprint density at radius 3 is 3.08 bits per heavy atom. The molecule has 0 atom stereocenters. The molecule has 0 spiro atoms. The number of benzene rings is 1. The number of rotatable bonds is 1. The van der Waals surface area contributed by atoms with Crippen molar-refractivity contribution in [1.82, 2.24) is 5.16 Å². The molecule has 2 rings (SSSR count). The largest absolute Gasteiger partial charge is 0.416 e. The summed E-state index contributed by atoms with van der Waals surface area (Å²) in [5, 5.41) is 7.90. The molecule has 0 aliphatic heterocycles. The predicted octanol–water partition coefficient (Wildman–Crippen LogP) is 1.10. The number of nitrogens with one attached hydrogen (secondary N) is 1. The second-order valence-electron chi connectivity index (χ2n) is 2.73. The van der Waals surface area contributed by atoms with Crippen molar-refractivity contribution in [3.05, 3.63) is 23.8 Å². The molecule has 0 saturated heterocycles. The Morgan fingerprint density at radius 2 is 2.33 bits per heavy atom. The van der Waals surface area contributed by atoms with Gasteiger partial charge >= 0.3 is 0 Å². The summed E-state index contributed by atoms with van der Waals surface area (Å²) < 4.78 is 5.16. The van der Waals surface area contributed by atoms with E-state index in [4.69, 9.17) is 4.52 Å². The number of aryl methyl sites for hydroxylation is 1. The zero-order valence-corrected chi connectivity index (χ0v) is 7.09. The molecule has 12 heavy (non-hydrogen) atoms. The molecule has 1 aromatic carbocycles. The van der Waals surface area contributed by atoms with Gasteiger partial charge < -0.3 is 9.75 Å². The fourth-order valence-electron chi connectivity index (χ4n) is 1.28. The lowest BCUT2D eigenvalue weighted by Gasteiger charge is -1.92. The molecule has 0 fully saturated rings. The molecular weight excluding hydrogens is 151 g/mol. The number of para-hydroxylation sites is 1. The van der Waals surface area contributed by atoms with Gasteiger partial charge in [0.15, 0.2) is 11.4 Å². The van der Waals surface area contributed by atoms with Gasteiger partial charge in [0.05, 0.1) is 5.39 Å². The van der Waals surface area contributed by atoms with Crippen LogP contribution in [0.2, 0.25) is 0 Å². The number of aromatic nitrogens is 1. The fourth-order valence-corrected chi connectivity index (χ4v) is 1.28. The highest BCUT2D eigenvalue weighted by Crippen LogP contribution is 2.24. The lowest BCUT2D eigenvalue weighted by molar-refractivity contribution is 0.459. The van der Waals surface area contributed by atoms with E-state index >= 15 is 0 Å². The van der Waals surface area contributed by atoms with E-state index in [1.54, 1.807) is 0 Å². The Bertz CT molecular complexity index is 410. The summed E-state index contributed by atoms with van der Waals surface area (Å²) in [4.78, 5) is 0. The first-order valence-electron chi connectivity index (χ1n) is 3.85. The summed E-state index contributed by atoms with van der Waals surface area (Å²) in [6.07, 6.45) is 0. The van der Waals surface area contributed by atoms with Crippen molar-refractivity contribution in [2.24, 2.45) is 0 Å². The maximum absolute atomic E-state index is 5.16. The minimum Gasteiger partial charge on any atom is -0.416 e. The lowest BCUT2D eigenvalue weighted by atomic mass is 10.1. The Balaban J connectivity index is 2.80. The van der Waals surface area contributed by atoms with E-state index in [1.165, 1.54) is 0 Å². The van der Waals surface area contributed by atoms with E-state index in [2.05, 4.69) is 10.4 Å². The fraction of sp³-hybridized carbons (Fsp3) is 0.125. The van der Waals surface area contributed by atoms with Crippen LogP contribution in [0.5, 0.6) is 0 Å². The first-order valence-corrected chi connectivity index (χ1v) is 3.85. The second-order valence-corrected chi connectivity index (χ2v) is 2.73. The zero-order valence-electron chi connectivity index (χ0n) is 7.09. The van der Waals surface area contributed by atoms with Crippen molar-refractivity contribution in [1.29, 1.82) is 0 Å². The normalized spacial score (nSPS) is 10.4. The molecule has 0 bridgehead atoms. The minimum atomic E-state index is 0.800. The minimum absolute atomic E-state index is 0.800. The number of fused-ring (bicyclic) bond motifs is 1. The van der Waals surface area contributed by atoms with Gasteiger partial charge in [-0.25, -0.2) is 0 Å². The first-order chi connectivity index (χ1) is 5.83. The molecule has 0 aliphatic carbocycles. The molecule has 0 aliphatic rings. The van der Waals surface area contributed by atoms with Crippen molar-refractivity contribution in [2.45, 2.75) is 6.92 Å². The zero-order chi connectivity index (χ0) is 8.55. The van der Waals surface area contributed by atoms with E-state index in [-0.39, 0.29) is 0 Å². The molecule has 0 radical (unpaired) electrons. The Hall–Kier alpha value is -1.45. The highest BCUT2D eigenvalue weighted by atomic mass is 16.5. The van der Waals surface area contributed by atoms with Gasteiger partial charge in [-0.05, 0) is 18.6 Å². The molecule has 1 heterocycles. The van der Waals surface area contributed by atoms with Crippen LogP contribution in [0.4, 0.5) is 5.82 Å². The summed E-state index contributed by atoms with van der Waals surface area (Å²) in [5.41, 5.74) is 1.98. The highest BCUT2D eigenvalue weighted by Gasteiger charge is 2.06. The van der Waals surface area contributed by atoms with Gasteiger partial charge in [0.2, 0.25) is 7.98 Å². The van der Waals surface area contributed by atoms with Crippen LogP contribution in [-0.4, -0.2) is 13.1 Å². The Labute approximate surface area is 71.2 Å². The van der Waals surface area contributed by atoms with Crippen molar-refractivity contribution >= 4 is 24.8 Å². The van der Waals surface area contributed by atoms with Crippen LogP contribution in [0.15, 0.2) is 22.7 Å². The van der Waals surface area contributed by atoms with Crippen molar-refractivity contribution < 1.29 is 4.52 Å². The molecule has 1 N–H and O–H groups in total. The molecule has 3 nitrogen and oxygen atoms in total. The number of hydrogen-bond acceptors (Lipinski definition) is 3. The Kier molecular flexibility index (Phi) is 1.53. The van der Waals surface area contributed by atoms with E-state index in [0.717, 1.165) is 22.4 Å². The van der Waals surface area contributed by atoms with Crippen LogP contribution < -0.4 is 5.23 Å². The second kappa shape index (κ2) is 2.55. The van der Waals surface area contributed by atoms with Crippen LogP contribution in [0.3, 0.4) is 0 Å². The van der Waals surface area contributed by atoms with Crippen molar-refractivity contribution in [3.63, 3.8) is 0 Å². The van der Waals surface area contributed by atoms with Crippen LogP contribution in [0, 0.1) is 6.92 Å². The lowest BCUT2D eigenvalue weighted by Crippen LogP contribution is -1.89. The van der Waals surface area contributed by atoms with E-state index in [9.17, 15) is 0 Å². The van der Waals surface area contributed by atoms with Gasteiger partial charge in [-0.15, -0.1) is 0 Å². The molecule has 0 amide bonds. The standard InChI is InChI=1S/C8H9BN2O/c1-5-3-2-4-6-7(5)12-11-8(6)10-9/h2-4H,9H2,1H3,(H,10,11). The van der Waals surface area contributed by atoms with Crippen LogP contribution in [0.25, 0.3) is 11.0 Å². The molecule has 2 aromatic rings. The van der Waals surface area contributed by atoms with Crippen LogP contribution in [-0.2, 0) is 0 Å². The van der Waals surface area contributed by atoms with Gasteiger partial charge in [-0.3, -0.25) is 0 Å². The topological polar surface area (TPSA) is 38.1 Å². The highest BCUT2D eigenvalue weighted by molar-refractivity contribution is 6.17. The third-order valence-corrected chi connectivity index (χ3v) is 1.93. The summed E-state index contributed by atoms with van der Waals surface area (Å²) >= 11 is 0. The van der Waals surface area contributed by atoms with E-state index in [1.807, 2.05) is 33.1 Å². The smallest absolute Gasteiger partial charge is 0.216 e. The Morgan fingerprint density at radius 1 is 1.50 bits per heavy atom. The molecular formula is C8H9BN2O. The average Bonchev–Trinajstić information content (AvgIpc) is 2.49. The molecule has 0 saturated carbocycles. The van der Waals surface area contributed by atoms with Gasteiger partial charge in [-0.1, -0.05) is 17.3 Å². The molecule has 4 heteroatoms.